The van der Waals surface area contributed by atoms with Gasteiger partial charge in [0.25, 0.3) is 0 Å². The summed E-state index contributed by atoms with van der Waals surface area (Å²) in [6.45, 7) is 7.41. The first-order chi connectivity index (χ1) is 10.5. The maximum Gasteiger partial charge on any atom is 0.323 e. The van der Waals surface area contributed by atoms with E-state index in [0.29, 0.717) is 11.6 Å². The molecule has 1 heterocycles. The molecular formula is C16H24N4O2. The Morgan fingerprint density at radius 1 is 1.00 bits per heavy atom. The first-order valence-electron chi connectivity index (χ1n) is 7.61. The van der Waals surface area contributed by atoms with Gasteiger partial charge in [-0.05, 0) is 30.7 Å². The third-order valence-corrected chi connectivity index (χ3v) is 3.80. The highest BCUT2D eigenvalue weighted by Crippen LogP contribution is 2.16. The highest BCUT2D eigenvalue weighted by molar-refractivity contribution is 6.39. The van der Waals surface area contributed by atoms with Crippen molar-refractivity contribution in [3.63, 3.8) is 0 Å². The summed E-state index contributed by atoms with van der Waals surface area (Å²) < 4.78 is 0. The molecule has 0 atom stereocenters. The Bertz CT molecular complexity index is 519. The van der Waals surface area contributed by atoms with Gasteiger partial charge in [0.05, 0.1) is 0 Å². The van der Waals surface area contributed by atoms with Crippen LogP contribution in [0, 0.1) is 0 Å². The number of hydrogen-bond donors (Lipinski definition) is 2. The van der Waals surface area contributed by atoms with Gasteiger partial charge in [-0.1, -0.05) is 26.0 Å². The molecule has 22 heavy (non-hydrogen) atoms. The minimum Gasteiger partial charge on any atom is -0.318 e. The van der Waals surface area contributed by atoms with E-state index in [-0.39, 0.29) is 0 Å². The Morgan fingerprint density at radius 2 is 1.59 bits per heavy atom. The SMILES string of the molecule is CC(C)c1ccc(NC(=O)C(=O)NN2CCN(C)CC2)cc1. The smallest absolute Gasteiger partial charge is 0.318 e. The van der Waals surface area contributed by atoms with E-state index in [4.69, 9.17) is 0 Å². The van der Waals surface area contributed by atoms with Gasteiger partial charge in [-0.25, -0.2) is 5.01 Å². The van der Waals surface area contributed by atoms with E-state index in [1.807, 2.05) is 31.3 Å². The summed E-state index contributed by atoms with van der Waals surface area (Å²) in [5.74, 6) is -0.834. The summed E-state index contributed by atoms with van der Waals surface area (Å²) in [7, 11) is 2.03. The van der Waals surface area contributed by atoms with E-state index in [1.165, 1.54) is 5.56 Å². The van der Waals surface area contributed by atoms with E-state index in [9.17, 15) is 9.59 Å². The van der Waals surface area contributed by atoms with E-state index < -0.39 is 11.8 Å². The minimum absolute atomic E-state index is 0.435. The summed E-state index contributed by atoms with van der Waals surface area (Å²) in [5.41, 5.74) is 4.47. The molecule has 120 valence electrons. The molecule has 0 aromatic heterocycles. The van der Waals surface area contributed by atoms with Crippen molar-refractivity contribution in [3.05, 3.63) is 29.8 Å². The first-order valence-corrected chi connectivity index (χ1v) is 7.61. The summed E-state index contributed by atoms with van der Waals surface area (Å²) in [5, 5.41) is 4.40. The number of hydrazine groups is 1. The summed E-state index contributed by atoms with van der Waals surface area (Å²) in [4.78, 5) is 26.0. The van der Waals surface area contributed by atoms with Crippen LogP contribution in [0.2, 0.25) is 0 Å². The molecule has 1 aliphatic heterocycles. The second-order valence-corrected chi connectivity index (χ2v) is 5.96. The average Bonchev–Trinajstić information content (AvgIpc) is 2.50. The molecule has 0 bridgehead atoms. The number of rotatable bonds is 3. The average molecular weight is 304 g/mol. The standard InChI is InChI=1S/C16H24N4O2/c1-12(2)13-4-6-14(7-5-13)17-15(21)16(22)18-20-10-8-19(3)9-11-20/h4-7,12H,8-11H2,1-3H3,(H,17,21)(H,18,22). The highest BCUT2D eigenvalue weighted by Gasteiger charge is 2.20. The van der Waals surface area contributed by atoms with Gasteiger partial charge in [-0.15, -0.1) is 0 Å². The molecule has 1 fully saturated rings. The van der Waals surface area contributed by atoms with Gasteiger partial charge in [-0.3, -0.25) is 15.0 Å². The van der Waals surface area contributed by atoms with Crippen LogP contribution < -0.4 is 10.7 Å². The van der Waals surface area contributed by atoms with Crippen molar-refractivity contribution in [2.75, 3.05) is 38.5 Å². The number of carbonyl (C=O) groups is 2. The summed E-state index contributed by atoms with van der Waals surface area (Å²) >= 11 is 0. The molecule has 0 spiro atoms. The van der Waals surface area contributed by atoms with Gasteiger partial charge in [-0.2, -0.15) is 0 Å². The zero-order valence-corrected chi connectivity index (χ0v) is 13.4. The quantitative estimate of drug-likeness (QED) is 0.819. The zero-order chi connectivity index (χ0) is 16.1. The second-order valence-electron chi connectivity index (χ2n) is 5.96. The fourth-order valence-electron chi connectivity index (χ4n) is 2.25. The molecule has 0 aliphatic carbocycles. The van der Waals surface area contributed by atoms with Crippen LogP contribution in [0.1, 0.15) is 25.3 Å². The third kappa shape index (κ3) is 4.54. The van der Waals surface area contributed by atoms with Crippen LogP contribution in [-0.4, -0.2) is 54.9 Å². The normalized spacial score (nSPS) is 16.5. The monoisotopic (exact) mass is 304 g/mol. The lowest BCUT2D eigenvalue weighted by Gasteiger charge is -2.32. The minimum atomic E-state index is -0.642. The number of likely N-dealkylation sites (N-methyl/N-ethyl adjacent to an activating group) is 1. The van der Waals surface area contributed by atoms with E-state index in [0.717, 1.165) is 26.2 Å². The summed E-state index contributed by atoms with van der Waals surface area (Å²) in [6, 6.07) is 7.55. The van der Waals surface area contributed by atoms with Gasteiger partial charge >= 0.3 is 11.8 Å². The zero-order valence-electron chi connectivity index (χ0n) is 13.4. The number of anilines is 1. The van der Waals surface area contributed by atoms with Crippen LogP contribution in [0.15, 0.2) is 24.3 Å². The molecule has 1 saturated heterocycles. The van der Waals surface area contributed by atoms with Crippen molar-refractivity contribution >= 4 is 17.5 Å². The molecule has 2 rings (SSSR count). The predicted octanol–water partition coefficient (Wildman–Crippen LogP) is 1.03. The number of nitrogens with zero attached hydrogens (tertiary/aromatic N) is 2. The molecule has 1 aliphatic rings. The Kier molecular flexibility index (Phi) is 5.51. The largest absolute Gasteiger partial charge is 0.323 e. The molecule has 1 aromatic carbocycles. The lowest BCUT2D eigenvalue weighted by molar-refractivity contribution is -0.139. The first kappa shape index (κ1) is 16.5. The number of amides is 2. The van der Waals surface area contributed by atoms with E-state index in [1.54, 1.807) is 5.01 Å². The number of carbonyl (C=O) groups excluding carboxylic acids is 2. The van der Waals surface area contributed by atoms with E-state index >= 15 is 0 Å². The van der Waals surface area contributed by atoms with Crippen LogP contribution in [0.5, 0.6) is 0 Å². The lowest BCUT2D eigenvalue weighted by atomic mass is 10.0. The number of benzene rings is 1. The highest BCUT2D eigenvalue weighted by atomic mass is 16.2. The number of nitrogens with one attached hydrogen (secondary N) is 2. The molecule has 2 amide bonds. The fourth-order valence-corrected chi connectivity index (χ4v) is 2.25. The maximum atomic E-state index is 11.9. The molecular weight excluding hydrogens is 280 g/mol. The molecule has 1 aromatic rings. The van der Waals surface area contributed by atoms with E-state index in [2.05, 4.69) is 29.5 Å². The lowest BCUT2D eigenvalue weighted by Crippen LogP contribution is -2.54. The molecule has 6 nitrogen and oxygen atoms in total. The Balaban J connectivity index is 1.84. The number of piperazine rings is 1. The van der Waals surface area contributed by atoms with Crippen molar-refractivity contribution in [2.24, 2.45) is 0 Å². The van der Waals surface area contributed by atoms with Crippen molar-refractivity contribution in [3.8, 4) is 0 Å². The Labute approximate surface area is 131 Å². The Hall–Kier alpha value is -1.92. The predicted molar refractivity (Wildman–Crippen MR) is 86.4 cm³/mol. The molecule has 0 unspecified atom stereocenters. The van der Waals surface area contributed by atoms with Crippen molar-refractivity contribution < 1.29 is 9.59 Å². The maximum absolute atomic E-state index is 11.9. The number of hydrogen-bond acceptors (Lipinski definition) is 4. The van der Waals surface area contributed by atoms with Gasteiger partial charge in [0.1, 0.15) is 0 Å². The van der Waals surface area contributed by atoms with Crippen LogP contribution in [0.25, 0.3) is 0 Å². The van der Waals surface area contributed by atoms with Gasteiger partial charge < -0.3 is 10.2 Å². The van der Waals surface area contributed by atoms with Gasteiger partial charge in [0.15, 0.2) is 0 Å². The second kappa shape index (κ2) is 7.38. The molecule has 0 saturated carbocycles. The molecule has 6 heteroatoms. The Morgan fingerprint density at radius 3 is 2.14 bits per heavy atom. The van der Waals surface area contributed by atoms with Gasteiger partial charge in [0.2, 0.25) is 0 Å². The van der Waals surface area contributed by atoms with Crippen LogP contribution in [0.3, 0.4) is 0 Å². The topological polar surface area (TPSA) is 64.7 Å². The van der Waals surface area contributed by atoms with Crippen molar-refractivity contribution in [2.45, 2.75) is 19.8 Å². The molecule has 2 N–H and O–H groups in total. The summed E-state index contributed by atoms with van der Waals surface area (Å²) in [6.07, 6.45) is 0. The van der Waals surface area contributed by atoms with Crippen molar-refractivity contribution in [1.29, 1.82) is 0 Å². The van der Waals surface area contributed by atoms with Gasteiger partial charge in [0, 0.05) is 31.9 Å². The van der Waals surface area contributed by atoms with Crippen LogP contribution in [0.4, 0.5) is 5.69 Å². The third-order valence-electron chi connectivity index (χ3n) is 3.80. The molecule has 0 radical (unpaired) electrons. The van der Waals surface area contributed by atoms with Crippen LogP contribution in [-0.2, 0) is 9.59 Å². The van der Waals surface area contributed by atoms with Crippen LogP contribution >= 0.6 is 0 Å². The van der Waals surface area contributed by atoms with Crippen molar-refractivity contribution in [1.82, 2.24) is 15.3 Å². The fraction of sp³-hybridized carbons (Fsp3) is 0.500.